The summed E-state index contributed by atoms with van der Waals surface area (Å²) in [5, 5.41) is 0. The molecule has 1 aromatic heterocycles. The fraction of sp³-hybridized carbons (Fsp3) is 0.545. The monoisotopic (exact) mass is 224 g/mol. The van der Waals surface area contributed by atoms with E-state index in [9.17, 15) is 0 Å². The van der Waals surface area contributed by atoms with Crippen LogP contribution >= 0.6 is 11.8 Å². The summed E-state index contributed by atoms with van der Waals surface area (Å²) < 4.78 is 5.75. The fourth-order valence-electron chi connectivity index (χ4n) is 1.72. The lowest BCUT2D eigenvalue weighted by atomic mass is 10.2. The van der Waals surface area contributed by atoms with E-state index in [1.54, 1.807) is 24.2 Å². The van der Waals surface area contributed by atoms with Crippen LogP contribution in [0.25, 0.3) is 0 Å². The molecule has 2 N–H and O–H groups in total. The Labute approximate surface area is 94.4 Å². The summed E-state index contributed by atoms with van der Waals surface area (Å²) in [4.78, 5) is 5.07. The van der Waals surface area contributed by atoms with Gasteiger partial charge in [-0.05, 0) is 25.8 Å². The summed E-state index contributed by atoms with van der Waals surface area (Å²) >= 11 is 1.76. The van der Waals surface area contributed by atoms with Crippen molar-refractivity contribution in [2.75, 3.05) is 11.5 Å². The second kappa shape index (κ2) is 4.86. The first kappa shape index (κ1) is 10.8. The molecule has 0 spiro atoms. The Kier molecular flexibility index (Phi) is 3.49. The molecule has 1 aliphatic rings. The summed E-state index contributed by atoms with van der Waals surface area (Å²) in [6.07, 6.45) is 6.62. The van der Waals surface area contributed by atoms with Gasteiger partial charge in [0.25, 0.3) is 0 Å². The molecule has 2 heterocycles. The quantitative estimate of drug-likeness (QED) is 0.800. The third-order valence-electron chi connectivity index (χ3n) is 2.55. The van der Waals surface area contributed by atoms with Gasteiger partial charge in [0.2, 0.25) is 0 Å². The van der Waals surface area contributed by atoms with Crippen molar-refractivity contribution in [2.24, 2.45) is 0 Å². The number of nitrogen functional groups attached to an aromatic ring is 1. The van der Waals surface area contributed by atoms with E-state index >= 15 is 0 Å². The van der Waals surface area contributed by atoms with Gasteiger partial charge in [0, 0.05) is 16.8 Å². The summed E-state index contributed by atoms with van der Waals surface area (Å²) in [5.41, 5.74) is 6.57. The molecule has 0 saturated carbocycles. The predicted molar refractivity (Wildman–Crippen MR) is 62.9 cm³/mol. The molecule has 0 bridgehead atoms. The first-order valence-electron chi connectivity index (χ1n) is 5.23. The number of thioether (sulfide) groups is 1. The molecule has 2 atom stereocenters. The Morgan fingerprint density at radius 3 is 3.13 bits per heavy atom. The van der Waals surface area contributed by atoms with Crippen LogP contribution in [0.4, 0.5) is 5.69 Å². The maximum absolute atomic E-state index is 5.81. The second-order valence-electron chi connectivity index (χ2n) is 3.87. The molecule has 1 aromatic rings. The van der Waals surface area contributed by atoms with Gasteiger partial charge in [-0.1, -0.05) is 0 Å². The predicted octanol–water partition coefficient (Wildman–Crippen LogP) is 2.32. The molecule has 3 nitrogen and oxygen atoms in total. The Morgan fingerprint density at radius 2 is 2.47 bits per heavy atom. The van der Waals surface area contributed by atoms with E-state index < -0.39 is 0 Å². The molecule has 15 heavy (non-hydrogen) atoms. The van der Waals surface area contributed by atoms with Crippen LogP contribution in [0.3, 0.4) is 0 Å². The zero-order valence-electron chi connectivity index (χ0n) is 8.85. The first-order chi connectivity index (χ1) is 7.25. The van der Waals surface area contributed by atoms with E-state index in [2.05, 4.69) is 11.9 Å². The molecule has 2 unspecified atom stereocenters. The molecule has 0 aromatic carbocycles. The smallest absolute Gasteiger partial charge is 0.0673 e. The molecule has 1 fully saturated rings. The Bertz CT molecular complexity index is 332. The third-order valence-corrected chi connectivity index (χ3v) is 3.78. The van der Waals surface area contributed by atoms with Crippen LogP contribution in [0.1, 0.15) is 19.8 Å². The van der Waals surface area contributed by atoms with Crippen LogP contribution < -0.4 is 5.73 Å². The van der Waals surface area contributed by atoms with Crippen molar-refractivity contribution in [1.29, 1.82) is 0 Å². The Hall–Kier alpha value is -0.740. The zero-order chi connectivity index (χ0) is 10.7. The SMILES string of the molecule is CC1CCC(CSc2ccncc2N)O1. The van der Waals surface area contributed by atoms with E-state index in [0.717, 1.165) is 16.3 Å². The van der Waals surface area contributed by atoms with Gasteiger partial charge in [0.05, 0.1) is 24.1 Å². The van der Waals surface area contributed by atoms with Gasteiger partial charge in [-0.15, -0.1) is 11.8 Å². The Morgan fingerprint density at radius 1 is 1.60 bits per heavy atom. The van der Waals surface area contributed by atoms with Crippen LogP contribution in [-0.2, 0) is 4.74 Å². The van der Waals surface area contributed by atoms with Crippen molar-refractivity contribution in [1.82, 2.24) is 4.98 Å². The lowest BCUT2D eigenvalue weighted by molar-refractivity contribution is 0.0700. The van der Waals surface area contributed by atoms with Gasteiger partial charge in [-0.3, -0.25) is 4.98 Å². The number of pyridine rings is 1. The number of nitrogens with two attached hydrogens (primary N) is 1. The Balaban J connectivity index is 1.86. The van der Waals surface area contributed by atoms with E-state index in [4.69, 9.17) is 10.5 Å². The molecule has 0 amide bonds. The van der Waals surface area contributed by atoms with Crippen molar-refractivity contribution < 1.29 is 4.74 Å². The molecule has 1 aliphatic heterocycles. The van der Waals surface area contributed by atoms with E-state index in [1.807, 2.05) is 6.07 Å². The molecule has 0 aliphatic carbocycles. The van der Waals surface area contributed by atoms with Gasteiger partial charge in [-0.25, -0.2) is 0 Å². The lowest BCUT2D eigenvalue weighted by Gasteiger charge is -2.11. The van der Waals surface area contributed by atoms with Crippen molar-refractivity contribution in [2.45, 2.75) is 36.9 Å². The van der Waals surface area contributed by atoms with Crippen LogP contribution in [0, 0.1) is 0 Å². The number of rotatable bonds is 3. The average molecular weight is 224 g/mol. The highest BCUT2D eigenvalue weighted by Gasteiger charge is 2.21. The van der Waals surface area contributed by atoms with Crippen molar-refractivity contribution in [3.05, 3.63) is 18.5 Å². The molecule has 2 rings (SSSR count). The third kappa shape index (κ3) is 2.86. The summed E-state index contributed by atoms with van der Waals surface area (Å²) in [6, 6.07) is 1.96. The lowest BCUT2D eigenvalue weighted by Crippen LogP contribution is -2.10. The van der Waals surface area contributed by atoms with Crippen molar-refractivity contribution in [3.63, 3.8) is 0 Å². The highest BCUT2D eigenvalue weighted by molar-refractivity contribution is 7.99. The van der Waals surface area contributed by atoms with Gasteiger partial charge >= 0.3 is 0 Å². The average Bonchev–Trinajstić information content (AvgIpc) is 2.63. The van der Waals surface area contributed by atoms with Crippen LogP contribution in [0.15, 0.2) is 23.4 Å². The summed E-state index contributed by atoms with van der Waals surface area (Å²) in [6.45, 7) is 2.13. The largest absolute Gasteiger partial charge is 0.397 e. The minimum Gasteiger partial charge on any atom is -0.397 e. The second-order valence-corrected chi connectivity index (χ2v) is 4.93. The number of hydrogen-bond donors (Lipinski definition) is 1. The van der Waals surface area contributed by atoms with Gasteiger partial charge in [0.1, 0.15) is 0 Å². The molecular weight excluding hydrogens is 208 g/mol. The van der Waals surface area contributed by atoms with Crippen molar-refractivity contribution >= 4 is 17.4 Å². The van der Waals surface area contributed by atoms with Crippen LogP contribution in [0.5, 0.6) is 0 Å². The first-order valence-corrected chi connectivity index (χ1v) is 6.22. The van der Waals surface area contributed by atoms with Gasteiger partial charge in [-0.2, -0.15) is 0 Å². The normalized spacial score (nSPS) is 25.7. The summed E-state index contributed by atoms with van der Waals surface area (Å²) in [5.74, 6) is 0.985. The highest BCUT2D eigenvalue weighted by Crippen LogP contribution is 2.28. The van der Waals surface area contributed by atoms with E-state index in [1.165, 1.54) is 12.8 Å². The molecule has 82 valence electrons. The van der Waals surface area contributed by atoms with E-state index in [-0.39, 0.29) is 0 Å². The number of ether oxygens (including phenoxy) is 1. The molecular formula is C11H16N2OS. The van der Waals surface area contributed by atoms with Crippen LogP contribution in [-0.4, -0.2) is 22.9 Å². The topological polar surface area (TPSA) is 48.1 Å². The fourth-order valence-corrected chi connectivity index (χ4v) is 2.70. The number of aromatic nitrogens is 1. The van der Waals surface area contributed by atoms with E-state index in [0.29, 0.717) is 12.2 Å². The number of hydrogen-bond acceptors (Lipinski definition) is 4. The minimum absolute atomic E-state index is 0.387. The standard InChI is InChI=1S/C11H16N2OS/c1-8-2-3-9(14-8)7-15-11-4-5-13-6-10(11)12/h4-6,8-9H,2-3,7,12H2,1H3. The zero-order valence-corrected chi connectivity index (χ0v) is 9.67. The van der Waals surface area contributed by atoms with Gasteiger partial charge in [0.15, 0.2) is 0 Å². The maximum atomic E-state index is 5.81. The highest BCUT2D eigenvalue weighted by atomic mass is 32.2. The van der Waals surface area contributed by atoms with Gasteiger partial charge < -0.3 is 10.5 Å². The van der Waals surface area contributed by atoms with Crippen LogP contribution in [0.2, 0.25) is 0 Å². The summed E-state index contributed by atoms with van der Waals surface area (Å²) in [7, 11) is 0. The molecule has 1 saturated heterocycles. The molecule has 0 radical (unpaired) electrons. The maximum Gasteiger partial charge on any atom is 0.0673 e. The number of nitrogens with zero attached hydrogens (tertiary/aromatic N) is 1. The minimum atomic E-state index is 0.387. The van der Waals surface area contributed by atoms with Crippen molar-refractivity contribution in [3.8, 4) is 0 Å². The number of anilines is 1. The molecule has 4 heteroatoms.